The first kappa shape index (κ1) is 24.8. The molecular formula is C25H28N3O3S2-. The van der Waals surface area contributed by atoms with E-state index in [0.29, 0.717) is 22.9 Å². The van der Waals surface area contributed by atoms with Gasteiger partial charge in [0.05, 0.1) is 5.69 Å². The summed E-state index contributed by atoms with van der Waals surface area (Å²) in [6.45, 7) is 5.14. The van der Waals surface area contributed by atoms with Crippen LogP contribution in [0.25, 0.3) is 0 Å². The van der Waals surface area contributed by atoms with Gasteiger partial charge in [0.2, 0.25) is 0 Å². The zero-order valence-electron chi connectivity index (χ0n) is 18.8. The molecule has 0 radical (unpaired) electrons. The van der Waals surface area contributed by atoms with Crippen LogP contribution in [0.5, 0.6) is 0 Å². The molecule has 2 N–H and O–H groups in total. The van der Waals surface area contributed by atoms with E-state index in [1.807, 2.05) is 30.0 Å². The molecule has 0 aliphatic heterocycles. The molecule has 0 fully saturated rings. The third kappa shape index (κ3) is 7.61. The summed E-state index contributed by atoms with van der Waals surface area (Å²) < 4.78 is 0. The molecule has 0 saturated heterocycles. The third-order valence-corrected chi connectivity index (χ3v) is 7.42. The van der Waals surface area contributed by atoms with Crippen molar-refractivity contribution in [3.8, 4) is 0 Å². The van der Waals surface area contributed by atoms with Crippen molar-refractivity contribution in [1.82, 2.24) is 4.98 Å². The Morgan fingerprint density at radius 3 is 2.52 bits per heavy atom. The van der Waals surface area contributed by atoms with Crippen LogP contribution in [0.1, 0.15) is 48.3 Å². The number of hydrogen-bond donors (Lipinski definition) is 2. The molecule has 0 spiro atoms. The minimum atomic E-state index is -1.20. The first-order chi connectivity index (χ1) is 16.0. The summed E-state index contributed by atoms with van der Waals surface area (Å²) in [4.78, 5) is 28.5. The Balaban J connectivity index is 1.55. The molecule has 2 aromatic carbocycles. The molecule has 8 heteroatoms. The van der Waals surface area contributed by atoms with Gasteiger partial charge in [0.15, 0.2) is 5.13 Å². The second-order valence-electron chi connectivity index (χ2n) is 7.69. The lowest BCUT2D eigenvalue weighted by atomic mass is 10.1. The van der Waals surface area contributed by atoms with Crippen LogP contribution in [-0.4, -0.2) is 22.6 Å². The van der Waals surface area contributed by atoms with E-state index in [1.54, 1.807) is 17.5 Å². The third-order valence-electron chi connectivity index (χ3n) is 5.31. The number of thiazole rings is 1. The van der Waals surface area contributed by atoms with Crippen LogP contribution in [0.4, 0.5) is 10.8 Å². The molecule has 174 valence electrons. The highest BCUT2D eigenvalue weighted by Gasteiger charge is 2.10. The smallest absolute Gasteiger partial charge is 0.257 e. The Morgan fingerprint density at radius 2 is 1.82 bits per heavy atom. The van der Waals surface area contributed by atoms with Crippen molar-refractivity contribution in [3.05, 3.63) is 70.7 Å². The van der Waals surface area contributed by atoms with E-state index in [9.17, 15) is 14.7 Å². The monoisotopic (exact) mass is 482 g/mol. The lowest BCUT2D eigenvalue weighted by molar-refractivity contribution is -0.304. The van der Waals surface area contributed by atoms with Gasteiger partial charge in [-0.05, 0) is 35.7 Å². The quantitative estimate of drug-likeness (QED) is 0.359. The van der Waals surface area contributed by atoms with E-state index < -0.39 is 5.97 Å². The van der Waals surface area contributed by atoms with Gasteiger partial charge in [-0.2, -0.15) is 0 Å². The lowest BCUT2D eigenvalue weighted by Crippen LogP contribution is -2.24. The SMILES string of the molecule is CCC(CC)CSc1ccccc1NCc1ccc(C(=O)Nc2nc(CC(=O)[O-])cs2)cc1. The molecule has 0 aliphatic carbocycles. The highest BCUT2D eigenvalue weighted by atomic mass is 32.2. The number of hydrogen-bond acceptors (Lipinski definition) is 7. The van der Waals surface area contributed by atoms with Crippen LogP contribution in [-0.2, 0) is 17.8 Å². The van der Waals surface area contributed by atoms with Crippen molar-refractivity contribution in [2.24, 2.45) is 5.92 Å². The second-order valence-corrected chi connectivity index (χ2v) is 9.61. The number of amides is 1. The number of aromatic nitrogens is 1. The van der Waals surface area contributed by atoms with Crippen LogP contribution in [0.3, 0.4) is 0 Å². The van der Waals surface area contributed by atoms with Gasteiger partial charge >= 0.3 is 0 Å². The van der Waals surface area contributed by atoms with Crippen LogP contribution in [0, 0.1) is 5.92 Å². The van der Waals surface area contributed by atoms with Crippen molar-refractivity contribution in [1.29, 1.82) is 0 Å². The minimum absolute atomic E-state index is 0.270. The van der Waals surface area contributed by atoms with Crippen LogP contribution in [0.15, 0.2) is 58.8 Å². The van der Waals surface area contributed by atoms with E-state index in [0.717, 1.165) is 22.9 Å². The summed E-state index contributed by atoms with van der Waals surface area (Å²) in [5, 5.41) is 18.8. The highest BCUT2D eigenvalue weighted by Crippen LogP contribution is 2.30. The molecule has 0 bridgehead atoms. The molecule has 6 nitrogen and oxygen atoms in total. The summed E-state index contributed by atoms with van der Waals surface area (Å²) >= 11 is 3.08. The zero-order chi connectivity index (χ0) is 23.6. The maximum Gasteiger partial charge on any atom is 0.257 e. The van der Waals surface area contributed by atoms with Crippen LogP contribution >= 0.6 is 23.1 Å². The predicted octanol–water partition coefficient (Wildman–Crippen LogP) is 4.83. The number of carboxylic acid groups (broad SMARTS) is 1. The maximum absolute atomic E-state index is 12.5. The first-order valence-corrected chi connectivity index (χ1v) is 12.8. The second kappa shape index (κ2) is 12.4. The van der Waals surface area contributed by atoms with Crippen molar-refractivity contribution in [2.75, 3.05) is 16.4 Å². The van der Waals surface area contributed by atoms with E-state index in [2.05, 4.69) is 47.7 Å². The molecule has 0 aliphatic rings. The van der Waals surface area contributed by atoms with Crippen molar-refractivity contribution >= 4 is 45.8 Å². The summed E-state index contributed by atoms with van der Waals surface area (Å²) in [5.74, 6) is 0.358. The molecule has 0 saturated carbocycles. The van der Waals surface area contributed by atoms with Crippen LogP contribution in [0.2, 0.25) is 0 Å². The number of thioether (sulfide) groups is 1. The number of benzene rings is 2. The van der Waals surface area contributed by atoms with Gasteiger partial charge in [0.25, 0.3) is 5.91 Å². The lowest BCUT2D eigenvalue weighted by Gasteiger charge is -2.15. The van der Waals surface area contributed by atoms with Gasteiger partial charge in [-0.25, -0.2) is 4.98 Å². The number of nitrogens with zero attached hydrogens (tertiary/aromatic N) is 1. The van der Waals surface area contributed by atoms with Crippen molar-refractivity contribution < 1.29 is 14.7 Å². The Hall–Kier alpha value is -2.84. The predicted molar refractivity (Wildman–Crippen MR) is 134 cm³/mol. The van der Waals surface area contributed by atoms with Crippen molar-refractivity contribution in [3.63, 3.8) is 0 Å². The van der Waals surface area contributed by atoms with Gasteiger partial charge < -0.3 is 15.2 Å². The minimum Gasteiger partial charge on any atom is -0.550 e. The number of rotatable bonds is 12. The number of carboxylic acids is 1. The van der Waals surface area contributed by atoms with Gasteiger partial charge in [-0.15, -0.1) is 23.1 Å². The fourth-order valence-corrected chi connectivity index (χ4v) is 5.27. The van der Waals surface area contributed by atoms with Crippen LogP contribution < -0.4 is 15.7 Å². The number of carbonyl (C=O) groups is 2. The Morgan fingerprint density at radius 1 is 1.09 bits per heavy atom. The average Bonchev–Trinajstić information content (AvgIpc) is 3.25. The fourth-order valence-electron chi connectivity index (χ4n) is 3.20. The molecule has 33 heavy (non-hydrogen) atoms. The number of nitrogens with one attached hydrogen (secondary N) is 2. The molecule has 3 rings (SSSR count). The topological polar surface area (TPSA) is 94.2 Å². The van der Waals surface area contributed by atoms with Crippen molar-refractivity contribution in [2.45, 2.75) is 44.6 Å². The molecule has 0 atom stereocenters. The molecule has 1 aromatic heterocycles. The zero-order valence-corrected chi connectivity index (χ0v) is 20.4. The fraction of sp³-hybridized carbons (Fsp3) is 0.320. The number of anilines is 2. The van der Waals surface area contributed by atoms with Gasteiger partial charge in [0.1, 0.15) is 0 Å². The maximum atomic E-state index is 12.5. The Bertz CT molecular complexity index is 1060. The molecule has 1 heterocycles. The summed E-state index contributed by atoms with van der Waals surface area (Å²) in [5.41, 5.74) is 3.06. The number of carbonyl (C=O) groups excluding carboxylic acids is 2. The first-order valence-electron chi connectivity index (χ1n) is 11.0. The molecule has 0 unspecified atom stereocenters. The standard InChI is InChI=1S/C25H29N3O3S2/c1-3-17(4-2)15-32-22-8-6-5-7-21(22)26-14-18-9-11-19(12-10-18)24(31)28-25-27-20(16-33-25)13-23(29)30/h5-12,16-17,26H,3-4,13-15H2,1-2H3,(H,29,30)(H,27,28,31)/p-1. The number of aliphatic carboxylic acids is 1. The van der Waals surface area contributed by atoms with E-state index in [-0.39, 0.29) is 12.3 Å². The molecular weight excluding hydrogens is 454 g/mol. The van der Waals surface area contributed by atoms with E-state index >= 15 is 0 Å². The highest BCUT2D eigenvalue weighted by molar-refractivity contribution is 7.99. The van der Waals surface area contributed by atoms with E-state index in [1.165, 1.54) is 29.1 Å². The Kier molecular flexibility index (Phi) is 9.33. The summed E-state index contributed by atoms with van der Waals surface area (Å²) in [6, 6.07) is 15.7. The van der Waals surface area contributed by atoms with Gasteiger partial charge in [-0.3, -0.25) is 10.1 Å². The number of para-hydroxylation sites is 1. The normalized spacial score (nSPS) is 10.9. The van der Waals surface area contributed by atoms with E-state index in [4.69, 9.17) is 0 Å². The van der Waals surface area contributed by atoms with Gasteiger partial charge in [-0.1, -0.05) is 51.0 Å². The Labute approximate surface area is 202 Å². The molecule has 1 amide bonds. The summed E-state index contributed by atoms with van der Waals surface area (Å²) in [6.07, 6.45) is 2.12. The molecule has 3 aromatic rings. The largest absolute Gasteiger partial charge is 0.550 e. The summed E-state index contributed by atoms with van der Waals surface area (Å²) in [7, 11) is 0. The average molecular weight is 483 g/mol. The van der Waals surface area contributed by atoms with Gasteiger partial charge in [0, 0.05) is 46.2 Å².